The molecule has 0 heterocycles. The average molecular weight is 358 g/mol. The molecule has 1 aromatic rings. The number of hydrogen-bond acceptors (Lipinski definition) is 3. The molecule has 5 nitrogen and oxygen atoms in total. The highest BCUT2D eigenvalue weighted by Crippen LogP contribution is 2.15. The normalized spacial score (nSPS) is 12.0. The van der Waals surface area contributed by atoms with Crippen LogP contribution in [0.4, 0.5) is 4.39 Å². The van der Waals surface area contributed by atoms with E-state index in [1.165, 1.54) is 19.2 Å². The standard InChI is InChI=1S/C17H27FN2O3S/c1-5-6-7-12-20(14(2)3)17(21)13-19(4)24(22,23)16-10-8-15(18)9-11-16/h8-11,14H,5-7,12-13H2,1-4H3. The molecule has 7 heteroatoms. The molecule has 0 saturated heterocycles. The summed E-state index contributed by atoms with van der Waals surface area (Å²) in [5.41, 5.74) is 0. The predicted molar refractivity (Wildman–Crippen MR) is 92.6 cm³/mol. The van der Waals surface area contributed by atoms with Gasteiger partial charge in [-0.2, -0.15) is 4.31 Å². The largest absolute Gasteiger partial charge is 0.339 e. The first-order valence-corrected chi connectivity index (χ1v) is 9.65. The molecule has 0 N–H and O–H groups in total. The van der Waals surface area contributed by atoms with Crippen molar-refractivity contribution in [2.75, 3.05) is 20.1 Å². The highest BCUT2D eigenvalue weighted by Gasteiger charge is 2.26. The van der Waals surface area contributed by atoms with Crippen molar-refractivity contribution in [2.24, 2.45) is 0 Å². The summed E-state index contributed by atoms with van der Waals surface area (Å²) in [7, 11) is -2.45. The van der Waals surface area contributed by atoms with Gasteiger partial charge in [-0.3, -0.25) is 4.79 Å². The third-order valence-corrected chi connectivity index (χ3v) is 5.64. The first-order chi connectivity index (χ1) is 11.2. The van der Waals surface area contributed by atoms with Crippen LogP contribution in [0.25, 0.3) is 0 Å². The summed E-state index contributed by atoms with van der Waals surface area (Å²) in [5, 5.41) is 0. The molecule has 24 heavy (non-hydrogen) atoms. The van der Waals surface area contributed by atoms with Crippen LogP contribution in [0.1, 0.15) is 40.0 Å². The van der Waals surface area contributed by atoms with E-state index in [1.807, 2.05) is 13.8 Å². The van der Waals surface area contributed by atoms with Crippen LogP contribution in [-0.4, -0.2) is 49.7 Å². The Morgan fingerprint density at radius 2 is 1.75 bits per heavy atom. The Morgan fingerprint density at radius 1 is 1.17 bits per heavy atom. The molecule has 0 radical (unpaired) electrons. The van der Waals surface area contributed by atoms with Gasteiger partial charge in [0.15, 0.2) is 0 Å². The summed E-state index contributed by atoms with van der Waals surface area (Å²) in [6, 6.07) is 4.60. The van der Waals surface area contributed by atoms with Gasteiger partial charge in [-0.05, 0) is 44.5 Å². The Balaban J connectivity index is 2.81. The predicted octanol–water partition coefficient (Wildman–Crippen LogP) is 2.87. The Hall–Kier alpha value is -1.47. The number of likely N-dealkylation sites (N-methyl/N-ethyl adjacent to an activating group) is 1. The first-order valence-electron chi connectivity index (χ1n) is 8.21. The summed E-state index contributed by atoms with van der Waals surface area (Å²) >= 11 is 0. The van der Waals surface area contributed by atoms with E-state index in [1.54, 1.807) is 4.90 Å². The van der Waals surface area contributed by atoms with Gasteiger partial charge in [-0.15, -0.1) is 0 Å². The molecule has 0 aromatic heterocycles. The van der Waals surface area contributed by atoms with Crippen molar-refractivity contribution >= 4 is 15.9 Å². The lowest BCUT2D eigenvalue weighted by Crippen LogP contribution is -2.44. The summed E-state index contributed by atoms with van der Waals surface area (Å²) in [5.74, 6) is -0.733. The molecule has 1 amide bonds. The van der Waals surface area contributed by atoms with Crippen molar-refractivity contribution in [1.29, 1.82) is 0 Å². The van der Waals surface area contributed by atoms with Crippen LogP contribution in [0.15, 0.2) is 29.2 Å². The molecule has 0 bridgehead atoms. The van der Waals surface area contributed by atoms with Gasteiger partial charge in [0, 0.05) is 19.6 Å². The lowest BCUT2D eigenvalue weighted by atomic mass is 10.2. The third-order valence-electron chi connectivity index (χ3n) is 3.83. The number of carbonyl (C=O) groups is 1. The van der Waals surface area contributed by atoms with Gasteiger partial charge >= 0.3 is 0 Å². The SMILES string of the molecule is CCCCCN(C(=O)CN(C)S(=O)(=O)c1ccc(F)cc1)C(C)C. The molecule has 0 unspecified atom stereocenters. The average Bonchev–Trinajstić information content (AvgIpc) is 2.51. The van der Waals surface area contributed by atoms with E-state index in [2.05, 4.69) is 6.92 Å². The molecule has 1 rings (SSSR count). The number of hydrogen-bond donors (Lipinski definition) is 0. The van der Waals surface area contributed by atoms with Crippen LogP contribution in [-0.2, 0) is 14.8 Å². The molecular weight excluding hydrogens is 331 g/mol. The van der Waals surface area contributed by atoms with E-state index in [0.717, 1.165) is 35.7 Å². The van der Waals surface area contributed by atoms with Crippen LogP contribution in [0, 0.1) is 5.82 Å². The molecule has 0 aliphatic rings. The van der Waals surface area contributed by atoms with E-state index in [4.69, 9.17) is 0 Å². The fourth-order valence-electron chi connectivity index (χ4n) is 2.36. The van der Waals surface area contributed by atoms with E-state index < -0.39 is 15.8 Å². The molecular formula is C17H27FN2O3S. The molecule has 0 aliphatic carbocycles. The monoisotopic (exact) mass is 358 g/mol. The molecule has 0 saturated carbocycles. The Labute approximate surface area is 144 Å². The van der Waals surface area contributed by atoms with Crippen LogP contribution < -0.4 is 0 Å². The zero-order valence-corrected chi connectivity index (χ0v) is 15.6. The van der Waals surface area contributed by atoms with Gasteiger partial charge < -0.3 is 4.90 Å². The van der Waals surface area contributed by atoms with Crippen molar-refractivity contribution in [2.45, 2.75) is 51.0 Å². The van der Waals surface area contributed by atoms with Gasteiger partial charge in [-0.1, -0.05) is 19.8 Å². The van der Waals surface area contributed by atoms with Crippen molar-refractivity contribution in [3.63, 3.8) is 0 Å². The number of halogens is 1. The third kappa shape index (κ3) is 5.56. The van der Waals surface area contributed by atoms with Gasteiger partial charge in [0.1, 0.15) is 5.82 Å². The van der Waals surface area contributed by atoms with E-state index in [-0.39, 0.29) is 23.4 Å². The van der Waals surface area contributed by atoms with Crippen LogP contribution in [0.2, 0.25) is 0 Å². The highest BCUT2D eigenvalue weighted by molar-refractivity contribution is 7.89. The minimum Gasteiger partial charge on any atom is -0.339 e. The van der Waals surface area contributed by atoms with E-state index >= 15 is 0 Å². The van der Waals surface area contributed by atoms with Gasteiger partial charge in [0.25, 0.3) is 0 Å². The Bertz CT molecular complexity index is 630. The smallest absolute Gasteiger partial charge is 0.243 e. The second kappa shape index (κ2) is 9.13. The maximum Gasteiger partial charge on any atom is 0.243 e. The second-order valence-corrected chi connectivity index (χ2v) is 8.15. The number of rotatable bonds is 9. The molecule has 0 fully saturated rings. The molecule has 136 valence electrons. The van der Waals surface area contributed by atoms with Crippen LogP contribution in [0.5, 0.6) is 0 Å². The number of nitrogens with zero attached hydrogens (tertiary/aromatic N) is 2. The lowest BCUT2D eigenvalue weighted by Gasteiger charge is -2.28. The number of sulfonamides is 1. The van der Waals surface area contributed by atoms with E-state index in [0.29, 0.717) is 6.54 Å². The van der Waals surface area contributed by atoms with Gasteiger partial charge in [-0.25, -0.2) is 12.8 Å². The number of benzene rings is 1. The highest BCUT2D eigenvalue weighted by atomic mass is 32.2. The number of unbranched alkanes of at least 4 members (excludes halogenated alkanes) is 2. The minimum absolute atomic E-state index is 0.0104. The fraction of sp³-hybridized carbons (Fsp3) is 0.588. The zero-order valence-electron chi connectivity index (χ0n) is 14.8. The number of carbonyl (C=O) groups excluding carboxylic acids is 1. The first kappa shape index (κ1) is 20.6. The summed E-state index contributed by atoms with van der Waals surface area (Å²) in [4.78, 5) is 14.2. The van der Waals surface area contributed by atoms with Gasteiger partial charge in [0.2, 0.25) is 15.9 Å². The zero-order chi connectivity index (χ0) is 18.3. The Morgan fingerprint density at radius 3 is 2.25 bits per heavy atom. The van der Waals surface area contributed by atoms with Crippen LogP contribution >= 0.6 is 0 Å². The van der Waals surface area contributed by atoms with E-state index in [9.17, 15) is 17.6 Å². The lowest BCUT2D eigenvalue weighted by molar-refractivity contribution is -0.133. The summed E-state index contributed by atoms with van der Waals surface area (Å²) in [6.45, 7) is 6.31. The van der Waals surface area contributed by atoms with Crippen molar-refractivity contribution in [3.8, 4) is 0 Å². The second-order valence-electron chi connectivity index (χ2n) is 6.10. The molecule has 0 spiro atoms. The fourth-order valence-corrected chi connectivity index (χ4v) is 3.48. The van der Waals surface area contributed by atoms with Crippen molar-refractivity contribution in [3.05, 3.63) is 30.1 Å². The maximum atomic E-state index is 13.0. The van der Waals surface area contributed by atoms with Crippen molar-refractivity contribution < 1.29 is 17.6 Å². The summed E-state index contributed by atoms with van der Waals surface area (Å²) in [6.07, 6.45) is 2.98. The molecule has 0 aliphatic heterocycles. The van der Waals surface area contributed by atoms with Crippen molar-refractivity contribution in [1.82, 2.24) is 9.21 Å². The van der Waals surface area contributed by atoms with Crippen LogP contribution in [0.3, 0.4) is 0 Å². The topological polar surface area (TPSA) is 57.7 Å². The maximum absolute atomic E-state index is 13.0. The summed E-state index contributed by atoms with van der Waals surface area (Å²) < 4.78 is 38.9. The minimum atomic E-state index is -3.82. The number of amides is 1. The molecule has 0 atom stereocenters. The van der Waals surface area contributed by atoms with Gasteiger partial charge in [0.05, 0.1) is 11.4 Å². The quantitative estimate of drug-likeness (QED) is 0.638. The molecule has 1 aromatic carbocycles. The Kier molecular flexibility index (Phi) is 7.83.